The molecule has 3 nitrogen and oxygen atoms in total. The van der Waals surface area contributed by atoms with Crippen LogP contribution >= 0.6 is 0 Å². The molecule has 3 heteroatoms. The Kier molecular flexibility index (Phi) is 3.99. The highest BCUT2D eigenvalue weighted by molar-refractivity contribution is 5.85. The van der Waals surface area contributed by atoms with Crippen molar-refractivity contribution in [3.8, 4) is 11.1 Å². The Morgan fingerprint density at radius 3 is 2.15 bits per heavy atom. The largest absolute Gasteiger partial charge is 0.443 e. The van der Waals surface area contributed by atoms with E-state index in [0.717, 1.165) is 48.3 Å². The zero-order chi connectivity index (χ0) is 18.4. The number of carbonyl (C=O) groups is 1. The molecular weight excluding hydrogens is 334 g/mol. The predicted molar refractivity (Wildman–Crippen MR) is 108 cm³/mol. The third-order valence-electron chi connectivity index (χ3n) is 6.77. The summed E-state index contributed by atoms with van der Waals surface area (Å²) in [6.45, 7) is 2.10. The van der Waals surface area contributed by atoms with E-state index in [1.807, 2.05) is 12.1 Å². The van der Waals surface area contributed by atoms with Gasteiger partial charge in [-0.1, -0.05) is 42.0 Å². The highest BCUT2D eigenvalue weighted by Crippen LogP contribution is 2.57. The van der Waals surface area contributed by atoms with E-state index in [0.29, 0.717) is 0 Å². The van der Waals surface area contributed by atoms with Crippen molar-refractivity contribution in [2.24, 2.45) is 17.8 Å². The van der Waals surface area contributed by atoms with Crippen LogP contribution < -0.4 is 5.32 Å². The zero-order valence-electron chi connectivity index (χ0n) is 15.9. The number of ether oxygens (including phenoxy) is 1. The van der Waals surface area contributed by atoms with Crippen molar-refractivity contribution in [3.05, 3.63) is 54.1 Å². The van der Waals surface area contributed by atoms with Crippen LogP contribution in [0, 0.1) is 24.7 Å². The molecule has 6 rings (SSSR count). The van der Waals surface area contributed by atoms with E-state index in [4.69, 9.17) is 4.74 Å². The summed E-state index contributed by atoms with van der Waals surface area (Å²) in [6, 6.07) is 16.5. The van der Waals surface area contributed by atoms with Crippen LogP contribution in [0.3, 0.4) is 0 Å². The SMILES string of the molecule is Cc1cccc(-c2ccc(NC(=O)OC34CC5CC(CC(C5)C3)C4)cc2)c1. The molecule has 0 spiro atoms. The van der Waals surface area contributed by atoms with Crippen molar-refractivity contribution in [2.75, 3.05) is 5.32 Å². The second-order valence-corrected chi connectivity index (χ2v) is 9.06. The molecular formula is C24H27NO2. The molecule has 0 unspecified atom stereocenters. The number of aryl methyl sites for hydroxylation is 1. The molecule has 4 saturated carbocycles. The Labute approximate surface area is 161 Å². The monoisotopic (exact) mass is 361 g/mol. The van der Waals surface area contributed by atoms with Crippen molar-refractivity contribution in [3.63, 3.8) is 0 Å². The molecule has 4 bridgehead atoms. The van der Waals surface area contributed by atoms with E-state index in [-0.39, 0.29) is 11.7 Å². The topological polar surface area (TPSA) is 38.3 Å². The molecule has 0 heterocycles. The summed E-state index contributed by atoms with van der Waals surface area (Å²) in [6.07, 6.45) is 6.97. The van der Waals surface area contributed by atoms with Gasteiger partial charge in [-0.3, -0.25) is 5.32 Å². The first kappa shape index (κ1) is 16.9. The molecule has 0 aliphatic heterocycles. The van der Waals surface area contributed by atoms with Gasteiger partial charge in [-0.15, -0.1) is 0 Å². The van der Waals surface area contributed by atoms with E-state index in [2.05, 4.69) is 48.6 Å². The summed E-state index contributed by atoms with van der Waals surface area (Å²) in [7, 11) is 0. The maximum absolute atomic E-state index is 12.6. The van der Waals surface area contributed by atoms with Gasteiger partial charge < -0.3 is 4.74 Å². The Morgan fingerprint density at radius 1 is 0.926 bits per heavy atom. The number of hydrogen-bond acceptors (Lipinski definition) is 2. The molecule has 27 heavy (non-hydrogen) atoms. The molecule has 140 valence electrons. The van der Waals surface area contributed by atoms with Crippen LogP contribution in [-0.2, 0) is 4.74 Å². The molecule has 1 amide bonds. The molecule has 4 aliphatic rings. The van der Waals surface area contributed by atoms with Gasteiger partial charge in [-0.25, -0.2) is 4.79 Å². The molecule has 2 aromatic carbocycles. The molecule has 4 aliphatic carbocycles. The predicted octanol–water partition coefficient (Wildman–Crippen LogP) is 6.18. The van der Waals surface area contributed by atoms with Gasteiger partial charge in [0.25, 0.3) is 0 Å². The molecule has 0 atom stereocenters. The van der Waals surface area contributed by atoms with Crippen molar-refractivity contribution >= 4 is 11.8 Å². The van der Waals surface area contributed by atoms with Crippen LogP contribution in [0.15, 0.2) is 48.5 Å². The smallest absolute Gasteiger partial charge is 0.412 e. The summed E-state index contributed by atoms with van der Waals surface area (Å²) >= 11 is 0. The van der Waals surface area contributed by atoms with Crippen LogP contribution in [0.2, 0.25) is 0 Å². The van der Waals surface area contributed by atoms with Gasteiger partial charge in [0.15, 0.2) is 0 Å². The second kappa shape index (κ2) is 6.40. The van der Waals surface area contributed by atoms with Gasteiger partial charge in [0.05, 0.1) is 0 Å². The standard InChI is InChI=1S/C24H27NO2/c1-16-3-2-4-21(9-16)20-5-7-22(8-6-20)25-23(26)27-24-13-17-10-18(14-24)12-19(11-17)15-24/h2-9,17-19H,10-15H2,1H3,(H,25,26). The van der Waals surface area contributed by atoms with Gasteiger partial charge in [0, 0.05) is 5.69 Å². The van der Waals surface area contributed by atoms with E-state index in [1.165, 1.54) is 30.4 Å². The Morgan fingerprint density at radius 2 is 1.56 bits per heavy atom. The molecule has 0 aromatic heterocycles. The van der Waals surface area contributed by atoms with Crippen LogP contribution in [-0.4, -0.2) is 11.7 Å². The average molecular weight is 361 g/mol. The molecule has 2 aromatic rings. The number of anilines is 1. The first-order valence-electron chi connectivity index (χ1n) is 10.2. The Hall–Kier alpha value is -2.29. The number of hydrogen-bond donors (Lipinski definition) is 1. The minimum atomic E-state index is -0.291. The number of benzene rings is 2. The van der Waals surface area contributed by atoms with Crippen molar-refractivity contribution in [1.82, 2.24) is 0 Å². The highest BCUT2D eigenvalue weighted by atomic mass is 16.6. The lowest BCUT2D eigenvalue weighted by atomic mass is 9.54. The number of carbonyl (C=O) groups excluding carboxylic acids is 1. The fraction of sp³-hybridized carbons (Fsp3) is 0.458. The van der Waals surface area contributed by atoms with Gasteiger partial charge in [0.1, 0.15) is 5.60 Å². The minimum Gasteiger partial charge on any atom is -0.443 e. The maximum atomic E-state index is 12.6. The molecule has 0 radical (unpaired) electrons. The minimum absolute atomic E-state index is 0.194. The van der Waals surface area contributed by atoms with Crippen LogP contribution in [0.4, 0.5) is 10.5 Å². The normalized spacial score (nSPS) is 30.9. The lowest BCUT2D eigenvalue weighted by molar-refractivity contribution is -0.124. The summed E-state index contributed by atoms with van der Waals surface area (Å²) in [4.78, 5) is 12.6. The highest BCUT2D eigenvalue weighted by Gasteiger charge is 2.53. The van der Waals surface area contributed by atoms with Gasteiger partial charge >= 0.3 is 6.09 Å². The quantitative estimate of drug-likeness (QED) is 0.709. The molecule has 4 fully saturated rings. The second-order valence-electron chi connectivity index (χ2n) is 9.06. The fourth-order valence-electron chi connectivity index (χ4n) is 6.07. The maximum Gasteiger partial charge on any atom is 0.412 e. The van der Waals surface area contributed by atoms with E-state index in [9.17, 15) is 4.79 Å². The lowest BCUT2D eigenvalue weighted by Crippen LogP contribution is -2.53. The van der Waals surface area contributed by atoms with Gasteiger partial charge in [-0.05, 0) is 86.5 Å². The third kappa shape index (κ3) is 3.36. The first-order valence-corrected chi connectivity index (χ1v) is 10.2. The van der Waals surface area contributed by atoms with Crippen molar-refractivity contribution in [1.29, 1.82) is 0 Å². The van der Waals surface area contributed by atoms with Crippen LogP contribution in [0.25, 0.3) is 11.1 Å². The van der Waals surface area contributed by atoms with E-state index in [1.54, 1.807) is 0 Å². The van der Waals surface area contributed by atoms with Gasteiger partial charge in [0.2, 0.25) is 0 Å². The number of amides is 1. The van der Waals surface area contributed by atoms with Gasteiger partial charge in [-0.2, -0.15) is 0 Å². The summed E-state index contributed by atoms with van der Waals surface area (Å²) in [5.41, 5.74) is 4.19. The van der Waals surface area contributed by atoms with E-state index >= 15 is 0 Å². The van der Waals surface area contributed by atoms with Crippen LogP contribution in [0.1, 0.15) is 44.1 Å². The van der Waals surface area contributed by atoms with Crippen molar-refractivity contribution < 1.29 is 9.53 Å². The molecule has 1 N–H and O–H groups in total. The summed E-state index contributed by atoms with van der Waals surface area (Å²) in [5, 5.41) is 2.95. The number of nitrogens with one attached hydrogen (secondary N) is 1. The first-order chi connectivity index (χ1) is 13.1. The molecule has 0 saturated heterocycles. The zero-order valence-corrected chi connectivity index (χ0v) is 15.9. The Bertz CT molecular complexity index is 820. The number of rotatable bonds is 3. The summed E-state index contributed by atoms with van der Waals surface area (Å²) in [5.74, 6) is 2.33. The average Bonchev–Trinajstić information content (AvgIpc) is 2.60. The fourth-order valence-corrected chi connectivity index (χ4v) is 6.07. The van der Waals surface area contributed by atoms with Crippen molar-refractivity contribution in [2.45, 2.75) is 51.0 Å². The van der Waals surface area contributed by atoms with Crippen LogP contribution in [0.5, 0.6) is 0 Å². The summed E-state index contributed by atoms with van der Waals surface area (Å²) < 4.78 is 6.04. The lowest BCUT2D eigenvalue weighted by Gasteiger charge is -2.55. The van der Waals surface area contributed by atoms with E-state index < -0.39 is 0 Å². The third-order valence-corrected chi connectivity index (χ3v) is 6.77. The Balaban J connectivity index is 1.25.